The van der Waals surface area contributed by atoms with Gasteiger partial charge in [0, 0.05) is 25.7 Å². The zero-order valence-electron chi connectivity index (χ0n) is 52.4. The van der Waals surface area contributed by atoms with Gasteiger partial charge in [-0.1, -0.05) is 242 Å². The predicted octanol–water partition coefficient (Wildman–Crippen LogP) is 16.6. The summed E-state index contributed by atoms with van der Waals surface area (Å²) in [5.74, 6) is 0.695. The molecule has 0 fully saturated rings. The van der Waals surface area contributed by atoms with Gasteiger partial charge >= 0.3 is 39.5 Å². The quantitative estimate of drug-likeness (QED) is 0.0222. The summed E-state index contributed by atoms with van der Waals surface area (Å²) in [4.78, 5) is 72.1. The number of aliphatic hydroxyl groups is 1. The van der Waals surface area contributed by atoms with Gasteiger partial charge in [0.1, 0.15) is 19.3 Å². The fourth-order valence-corrected chi connectivity index (χ4v) is 10.6. The van der Waals surface area contributed by atoms with Gasteiger partial charge in [-0.2, -0.15) is 0 Å². The van der Waals surface area contributed by atoms with Gasteiger partial charge in [0.25, 0.3) is 0 Å². The van der Waals surface area contributed by atoms with Crippen molar-refractivity contribution in [1.29, 1.82) is 0 Å². The highest BCUT2D eigenvalue weighted by atomic mass is 31.2. The maximum atomic E-state index is 12.9. The molecule has 0 saturated heterocycles. The molecule has 3 N–H and O–H groups in total. The van der Waals surface area contributed by atoms with Crippen LogP contribution in [0.25, 0.3) is 0 Å². The number of ether oxygens (including phenoxy) is 4. The number of carbonyl (C=O) groups is 4. The molecule has 81 heavy (non-hydrogen) atoms. The van der Waals surface area contributed by atoms with E-state index in [-0.39, 0.29) is 25.7 Å². The Balaban J connectivity index is 5.25. The van der Waals surface area contributed by atoms with Crippen LogP contribution in [0.5, 0.6) is 0 Å². The molecule has 0 aromatic carbocycles. The van der Waals surface area contributed by atoms with E-state index in [2.05, 4.69) is 55.4 Å². The normalized spacial score (nSPS) is 14.8. The Hall–Kier alpha value is -1.94. The second-order valence-electron chi connectivity index (χ2n) is 24.1. The van der Waals surface area contributed by atoms with Crippen LogP contribution < -0.4 is 0 Å². The molecule has 0 heterocycles. The number of phosphoric acid groups is 2. The molecule has 0 spiro atoms. The van der Waals surface area contributed by atoms with Gasteiger partial charge in [0.15, 0.2) is 12.2 Å². The maximum Gasteiger partial charge on any atom is 0.472 e. The van der Waals surface area contributed by atoms with Crippen molar-refractivity contribution in [1.82, 2.24) is 0 Å². The Morgan fingerprint density at radius 3 is 0.877 bits per heavy atom. The first-order valence-corrected chi connectivity index (χ1v) is 35.2. The summed E-state index contributed by atoms with van der Waals surface area (Å²) in [7, 11) is -9.88. The molecule has 0 aliphatic rings. The molecule has 0 saturated carbocycles. The van der Waals surface area contributed by atoms with Crippen LogP contribution in [0.3, 0.4) is 0 Å². The summed E-state index contributed by atoms with van der Waals surface area (Å²) < 4.78 is 67.9. The minimum Gasteiger partial charge on any atom is -0.462 e. The van der Waals surface area contributed by atoms with Gasteiger partial charge in [-0.05, 0) is 49.4 Å². The molecule has 480 valence electrons. The van der Waals surface area contributed by atoms with E-state index in [1.807, 2.05) is 0 Å². The predicted molar refractivity (Wildman–Crippen MR) is 321 cm³/mol. The van der Waals surface area contributed by atoms with Gasteiger partial charge in [-0.25, -0.2) is 9.13 Å². The van der Waals surface area contributed by atoms with Crippen molar-refractivity contribution in [3.8, 4) is 0 Å². The Bertz CT molecular complexity index is 1630. The number of rotatable bonds is 59. The number of aliphatic hydroxyl groups excluding tert-OH is 1. The van der Waals surface area contributed by atoms with Crippen LogP contribution in [-0.2, 0) is 65.4 Å². The van der Waals surface area contributed by atoms with Crippen molar-refractivity contribution in [2.45, 2.75) is 311 Å². The minimum atomic E-state index is -4.94. The Morgan fingerprint density at radius 2 is 0.593 bits per heavy atom. The molecule has 0 aliphatic carbocycles. The van der Waals surface area contributed by atoms with Crippen molar-refractivity contribution >= 4 is 39.5 Å². The molecule has 0 aromatic rings. The molecule has 0 rings (SSSR count). The molecule has 0 bridgehead atoms. The zero-order chi connectivity index (χ0) is 60.4. The summed E-state index contributed by atoms with van der Waals surface area (Å²) in [6.07, 6.45) is 31.0. The summed E-state index contributed by atoms with van der Waals surface area (Å²) in [6, 6.07) is 0. The first kappa shape index (κ1) is 79.1. The van der Waals surface area contributed by atoms with Crippen LogP contribution in [0.15, 0.2) is 0 Å². The average molecular weight is 1200 g/mol. The first-order valence-electron chi connectivity index (χ1n) is 32.2. The van der Waals surface area contributed by atoms with E-state index in [1.54, 1.807) is 0 Å². The maximum absolute atomic E-state index is 12.9. The van der Waals surface area contributed by atoms with Crippen molar-refractivity contribution < 1.29 is 80.2 Å². The number of phosphoric ester groups is 2. The van der Waals surface area contributed by atoms with Crippen LogP contribution in [0.4, 0.5) is 0 Å². The molecule has 19 heteroatoms. The molecule has 6 atom stereocenters. The van der Waals surface area contributed by atoms with E-state index >= 15 is 0 Å². The number of hydrogen-bond acceptors (Lipinski definition) is 15. The molecular weight excluding hydrogens is 1080 g/mol. The van der Waals surface area contributed by atoms with E-state index in [0.717, 1.165) is 115 Å². The van der Waals surface area contributed by atoms with Gasteiger partial charge in [-0.15, -0.1) is 0 Å². The van der Waals surface area contributed by atoms with Crippen LogP contribution in [0.2, 0.25) is 0 Å². The summed E-state index contributed by atoms with van der Waals surface area (Å²) in [5, 5.41) is 10.5. The van der Waals surface area contributed by atoms with E-state index in [9.17, 15) is 43.2 Å². The number of esters is 4. The molecule has 0 amide bonds. The smallest absolute Gasteiger partial charge is 0.462 e. The topological polar surface area (TPSA) is 237 Å². The first-order chi connectivity index (χ1) is 38.6. The van der Waals surface area contributed by atoms with E-state index in [0.29, 0.717) is 37.5 Å². The van der Waals surface area contributed by atoms with E-state index < -0.39 is 97.5 Å². The van der Waals surface area contributed by atoms with Crippen molar-refractivity contribution in [3.63, 3.8) is 0 Å². The number of carbonyl (C=O) groups excluding carboxylic acids is 4. The van der Waals surface area contributed by atoms with Crippen LogP contribution in [0, 0.1) is 23.7 Å². The fraction of sp³-hybridized carbons (Fsp3) is 0.935. The lowest BCUT2D eigenvalue weighted by atomic mass is 10.00. The van der Waals surface area contributed by atoms with Crippen molar-refractivity contribution in [2.75, 3.05) is 39.6 Å². The number of hydrogen-bond donors (Lipinski definition) is 3. The van der Waals surface area contributed by atoms with E-state index in [1.165, 1.54) is 83.5 Å². The summed E-state index contributed by atoms with van der Waals surface area (Å²) in [6.45, 7) is 13.9. The fourth-order valence-electron chi connectivity index (χ4n) is 9.04. The van der Waals surface area contributed by atoms with Crippen molar-refractivity contribution in [2.24, 2.45) is 23.7 Å². The van der Waals surface area contributed by atoms with Gasteiger partial charge in [0.2, 0.25) is 0 Å². The second kappa shape index (κ2) is 52.4. The standard InChI is InChI=1S/C62H120O17P2/c1-9-55(8)41-33-25-19-21-29-37-45-62(67)79-58(48-72-59(64)42-34-26-17-13-15-23-31-39-53(4)5)51-77-81(70,71)75-47-56(63)46-74-80(68,69)76-50-57(49-73-60(65)43-35-27-20-18-24-32-40-54(6)7)78-61(66)44-36-28-16-12-10-11-14-22-30-38-52(2)3/h52-58,63H,9-51H2,1-8H3,(H,68,69)(H,70,71)/t55?,56-,57+,58+/m0/s1. The summed E-state index contributed by atoms with van der Waals surface area (Å²) >= 11 is 0. The Labute approximate surface area is 492 Å². The molecule has 17 nitrogen and oxygen atoms in total. The molecule has 0 aromatic heterocycles. The SMILES string of the molecule is CCC(C)CCCCCCCCC(=O)O[C@H](COC(=O)CCCCCCCCCC(C)C)COP(=O)(O)OC[C@@H](O)COP(=O)(O)OC[C@@H](COC(=O)CCCCCCCCC(C)C)OC(=O)CCCCCCCCCCCC(C)C. The molecule has 0 aliphatic heterocycles. The Morgan fingerprint density at radius 1 is 0.346 bits per heavy atom. The lowest BCUT2D eigenvalue weighted by molar-refractivity contribution is -0.161. The van der Waals surface area contributed by atoms with Crippen LogP contribution >= 0.6 is 15.6 Å². The van der Waals surface area contributed by atoms with Gasteiger partial charge in [0.05, 0.1) is 26.4 Å². The van der Waals surface area contributed by atoms with Crippen LogP contribution in [-0.4, -0.2) is 96.7 Å². The summed E-state index contributed by atoms with van der Waals surface area (Å²) in [5.41, 5.74) is 0. The highest BCUT2D eigenvalue weighted by molar-refractivity contribution is 7.47. The largest absolute Gasteiger partial charge is 0.472 e. The highest BCUT2D eigenvalue weighted by Gasteiger charge is 2.30. The van der Waals surface area contributed by atoms with Gasteiger partial charge < -0.3 is 33.8 Å². The lowest BCUT2D eigenvalue weighted by Gasteiger charge is -2.21. The van der Waals surface area contributed by atoms with Crippen molar-refractivity contribution in [3.05, 3.63) is 0 Å². The number of unbranched alkanes of at least 4 members (excludes halogenated alkanes) is 24. The molecule has 3 unspecified atom stereocenters. The second-order valence-corrected chi connectivity index (χ2v) is 27.0. The highest BCUT2D eigenvalue weighted by Crippen LogP contribution is 2.45. The third-order valence-corrected chi connectivity index (χ3v) is 16.3. The zero-order valence-corrected chi connectivity index (χ0v) is 54.2. The third kappa shape index (κ3) is 55.7. The monoisotopic (exact) mass is 1200 g/mol. The Kier molecular flexibility index (Phi) is 51.1. The minimum absolute atomic E-state index is 0.101. The van der Waals surface area contributed by atoms with Crippen LogP contribution in [0.1, 0.15) is 293 Å². The third-order valence-electron chi connectivity index (χ3n) is 14.4. The van der Waals surface area contributed by atoms with E-state index in [4.69, 9.17) is 37.0 Å². The van der Waals surface area contributed by atoms with Gasteiger partial charge in [-0.3, -0.25) is 37.3 Å². The molecule has 0 radical (unpaired) electrons. The molecular formula is C62H120O17P2. The average Bonchev–Trinajstić information content (AvgIpc) is 3.41. The lowest BCUT2D eigenvalue weighted by Crippen LogP contribution is -2.30.